The van der Waals surface area contributed by atoms with E-state index >= 15 is 0 Å². The van der Waals surface area contributed by atoms with E-state index < -0.39 is 21.4 Å². The first-order valence-electron chi connectivity index (χ1n) is 6.35. The van der Waals surface area contributed by atoms with Gasteiger partial charge in [0.15, 0.2) is 11.6 Å². The van der Waals surface area contributed by atoms with Gasteiger partial charge in [-0.2, -0.15) is 0 Å². The Bertz CT molecular complexity index is 623. The van der Waals surface area contributed by atoms with Crippen LogP contribution >= 0.6 is 0 Å². The molecule has 1 aliphatic heterocycles. The number of fused-ring (bicyclic) bond motifs is 1. The smallest absolute Gasteiger partial charge is 0.241 e. The maximum absolute atomic E-state index is 14.0. The van der Waals surface area contributed by atoms with E-state index in [0.29, 0.717) is 12.0 Å². The van der Waals surface area contributed by atoms with Crippen molar-refractivity contribution in [1.29, 1.82) is 0 Å². The van der Waals surface area contributed by atoms with Gasteiger partial charge in [0.1, 0.15) is 6.10 Å². The lowest BCUT2D eigenvalue weighted by atomic mass is 10.1. The third-order valence-electron chi connectivity index (χ3n) is 2.84. The summed E-state index contributed by atoms with van der Waals surface area (Å²) in [4.78, 5) is -0.0926. The molecule has 0 fully saturated rings. The number of hydrogen-bond acceptors (Lipinski definition) is 4. The molecule has 7 heteroatoms. The van der Waals surface area contributed by atoms with Crippen LogP contribution in [0.15, 0.2) is 17.0 Å². The van der Waals surface area contributed by atoms with Crippen molar-refractivity contribution >= 4 is 10.0 Å². The van der Waals surface area contributed by atoms with Gasteiger partial charge >= 0.3 is 0 Å². The molecule has 20 heavy (non-hydrogen) atoms. The zero-order valence-electron chi connectivity index (χ0n) is 11.7. The first-order chi connectivity index (χ1) is 9.12. The lowest BCUT2D eigenvalue weighted by Gasteiger charge is -2.20. The van der Waals surface area contributed by atoms with Gasteiger partial charge in [0.2, 0.25) is 10.0 Å². The highest BCUT2D eigenvalue weighted by Gasteiger charge is 2.29. The molecular formula is C13H19FN2O3S. The van der Waals surface area contributed by atoms with E-state index in [1.807, 2.05) is 0 Å². The van der Waals surface area contributed by atoms with E-state index in [9.17, 15) is 12.8 Å². The number of benzene rings is 1. The van der Waals surface area contributed by atoms with Crippen LogP contribution in [0.25, 0.3) is 0 Å². The van der Waals surface area contributed by atoms with E-state index in [2.05, 4.69) is 4.72 Å². The van der Waals surface area contributed by atoms with Crippen molar-refractivity contribution in [2.75, 3.05) is 6.54 Å². The number of nitrogens with one attached hydrogen (secondary N) is 1. The van der Waals surface area contributed by atoms with E-state index in [0.717, 1.165) is 6.07 Å². The molecule has 112 valence electrons. The van der Waals surface area contributed by atoms with E-state index in [4.69, 9.17) is 10.5 Å². The Morgan fingerprint density at radius 2 is 2.10 bits per heavy atom. The van der Waals surface area contributed by atoms with Crippen LogP contribution in [-0.4, -0.2) is 26.6 Å². The molecule has 0 bridgehead atoms. The molecule has 1 unspecified atom stereocenters. The first-order valence-corrected chi connectivity index (χ1v) is 7.84. The predicted octanol–water partition coefficient (Wildman–Crippen LogP) is 1.16. The molecular weight excluding hydrogens is 283 g/mol. The minimum Gasteiger partial charge on any atom is -0.485 e. The minimum absolute atomic E-state index is 0.0926. The number of sulfonamides is 1. The van der Waals surface area contributed by atoms with Crippen molar-refractivity contribution in [1.82, 2.24) is 4.72 Å². The van der Waals surface area contributed by atoms with Crippen LogP contribution < -0.4 is 15.2 Å². The van der Waals surface area contributed by atoms with Crippen LogP contribution in [0, 0.1) is 5.82 Å². The Morgan fingerprint density at radius 3 is 2.65 bits per heavy atom. The zero-order valence-corrected chi connectivity index (χ0v) is 12.6. The summed E-state index contributed by atoms with van der Waals surface area (Å²) in [5.41, 5.74) is 5.39. The molecule has 1 aromatic carbocycles. The highest BCUT2D eigenvalue weighted by atomic mass is 32.2. The largest absolute Gasteiger partial charge is 0.485 e. The molecule has 0 radical (unpaired) electrons. The van der Waals surface area contributed by atoms with Gasteiger partial charge in [-0.25, -0.2) is 17.5 Å². The Labute approximate surface area is 118 Å². The van der Waals surface area contributed by atoms with Crippen molar-refractivity contribution in [2.45, 2.75) is 43.7 Å². The molecule has 1 atom stereocenters. The molecule has 1 aromatic rings. The number of nitrogens with two attached hydrogens (primary N) is 1. The van der Waals surface area contributed by atoms with Gasteiger partial charge in [-0.15, -0.1) is 0 Å². The highest BCUT2D eigenvalue weighted by molar-refractivity contribution is 7.89. The normalized spacial score (nSPS) is 18.8. The van der Waals surface area contributed by atoms with Crippen molar-refractivity contribution in [3.8, 4) is 5.75 Å². The summed E-state index contributed by atoms with van der Waals surface area (Å²) in [6.45, 7) is 5.43. The van der Waals surface area contributed by atoms with Crippen molar-refractivity contribution < 1.29 is 17.5 Å². The fourth-order valence-corrected chi connectivity index (χ4v) is 3.59. The number of rotatable bonds is 3. The monoisotopic (exact) mass is 302 g/mol. The summed E-state index contributed by atoms with van der Waals surface area (Å²) in [6.07, 6.45) is 0.120. The van der Waals surface area contributed by atoms with Gasteiger partial charge < -0.3 is 10.5 Å². The van der Waals surface area contributed by atoms with Crippen LogP contribution in [0.1, 0.15) is 26.3 Å². The van der Waals surface area contributed by atoms with Gasteiger partial charge in [0.25, 0.3) is 0 Å². The second kappa shape index (κ2) is 4.98. The Balaban J connectivity index is 2.40. The second-order valence-corrected chi connectivity index (χ2v) is 7.61. The molecule has 0 saturated carbocycles. The predicted molar refractivity (Wildman–Crippen MR) is 73.6 cm³/mol. The maximum atomic E-state index is 14.0. The van der Waals surface area contributed by atoms with Crippen LogP contribution in [0.3, 0.4) is 0 Å². The van der Waals surface area contributed by atoms with Crippen molar-refractivity contribution in [3.05, 3.63) is 23.5 Å². The minimum atomic E-state index is -3.76. The van der Waals surface area contributed by atoms with Crippen LogP contribution in [-0.2, 0) is 16.4 Å². The lowest BCUT2D eigenvalue weighted by Crippen LogP contribution is -2.40. The van der Waals surface area contributed by atoms with Gasteiger partial charge in [-0.05, 0) is 32.9 Å². The highest BCUT2D eigenvalue weighted by Crippen LogP contribution is 2.33. The third-order valence-corrected chi connectivity index (χ3v) is 4.58. The second-order valence-electron chi connectivity index (χ2n) is 5.93. The molecule has 0 saturated heterocycles. The van der Waals surface area contributed by atoms with E-state index in [-0.39, 0.29) is 23.3 Å². The average Bonchev–Trinajstić information content (AvgIpc) is 2.69. The van der Waals surface area contributed by atoms with Gasteiger partial charge in [-0.1, -0.05) is 0 Å². The molecule has 5 nitrogen and oxygen atoms in total. The van der Waals surface area contributed by atoms with Crippen LogP contribution in [0.2, 0.25) is 0 Å². The van der Waals surface area contributed by atoms with E-state index in [1.165, 1.54) is 6.07 Å². The van der Waals surface area contributed by atoms with E-state index in [1.54, 1.807) is 20.8 Å². The summed E-state index contributed by atoms with van der Waals surface area (Å²) in [5.74, 6) is -0.567. The fraction of sp³-hybridized carbons (Fsp3) is 0.538. The molecule has 2 rings (SSSR count). The summed E-state index contributed by atoms with van der Waals surface area (Å²) < 4.78 is 46.2. The average molecular weight is 302 g/mol. The first kappa shape index (κ1) is 15.2. The fourth-order valence-electron chi connectivity index (χ4n) is 2.11. The standard InChI is InChI=1S/C13H19FN2O3S/c1-13(2,3)16-20(17,18)10-5-8-4-9(7-15)19-12(8)11(14)6-10/h5-6,9,16H,4,7,15H2,1-3H3. The molecule has 1 aliphatic rings. The maximum Gasteiger partial charge on any atom is 0.241 e. The quantitative estimate of drug-likeness (QED) is 0.878. The molecule has 0 spiro atoms. The molecule has 1 heterocycles. The summed E-state index contributed by atoms with van der Waals surface area (Å²) in [5, 5.41) is 0. The van der Waals surface area contributed by atoms with Crippen LogP contribution in [0.5, 0.6) is 5.75 Å². The molecule has 0 aromatic heterocycles. The SMILES string of the molecule is CC(C)(C)NS(=O)(=O)c1cc(F)c2c(c1)CC(CN)O2. The van der Waals surface area contributed by atoms with Gasteiger partial charge in [-0.3, -0.25) is 0 Å². The molecule has 0 aliphatic carbocycles. The molecule has 0 amide bonds. The third kappa shape index (κ3) is 3.11. The number of halogens is 1. The van der Waals surface area contributed by atoms with Crippen molar-refractivity contribution in [3.63, 3.8) is 0 Å². The summed E-state index contributed by atoms with van der Waals surface area (Å²) in [6, 6.07) is 2.42. The van der Waals surface area contributed by atoms with Crippen molar-refractivity contribution in [2.24, 2.45) is 5.73 Å². The topological polar surface area (TPSA) is 81.4 Å². The Kier molecular flexibility index (Phi) is 3.79. The number of hydrogen-bond donors (Lipinski definition) is 2. The zero-order chi connectivity index (χ0) is 15.1. The van der Waals surface area contributed by atoms with Gasteiger partial charge in [0, 0.05) is 24.1 Å². The van der Waals surface area contributed by atoms with Gasteiger partial charge in [0.05, 0.1) is 4.90 Å². The Morgan fingerprint density at radius 1 is 1.45 bits per heavy atom. The molecule has 3 N–H and O–H groups in total. The summed E-state index contributed by atoms with van der Waals surface area (Å²) >= 11 is 0. The summed E-state index contributed by atoms with van der Waals surface area (Å²) in [7, 11) is -3.76. The number of ether oxygens (including phenoxy) is 1. The Hall–Kier alpha value is -1.18. The van der Waals surface area contributed by atoms with Crippen LogP contribution in [0.4, 0.5) is 4.39 Å². The lowest BCUT2D eigenvalue weighted by molar-refractivity contribution is 0.232.